The van der Waals surface area contributed by atoms with E-state index in [0.717, 1.165) is 12.3 Å². The molecule has 30 heavy (non-hydrogen) atoms. The predicted molar refractivity (Wildman–Crippen MR) is 96.8 cm³/mol. The zero-order valence-electron chi connectivity index (χ0n) is 15.2. The second-order valence-corrected chi connectivity index (χ2v) is 7.96. The van der Waals surface area contributed by atoms with Gasteiger partial charge in [0.15, 0.2) is 5.75 Å². The lowest BCUT2D eigenvalue weighted by Crippen LogP contribution is -2.67. The van der Waals surface area contributed by atoms with E-state index in [9.17, 15) is 37.5 Å². The highest BCUT2D eigenvalue weighted by Crippen LogP contribution is 2.14. The number of aromatic hydroxyl groups is 1. The molecule has 0 saturated carbocycles. The van der Waals surface area contributed by atoms with Crippen LogP contribution in [-0.2, 0) is 15.0 Å². The van der Waals surface area contributed by atoms with E-state index in [2.05, 4.69) is 10.4 Å². The summed E-state index contributed by atoms with van der Waals surface area (Å²) in [7, 11) is -4.67. The molecule has 3 rings (SSSR count). The second-order valence-electron chi connectivity index (χ2n) is 6.36. The number of nitrogens with two attached hydrogens (primary N) is 1. The summed E-state index contributed by atoms with van der Waals surface area (Å²) in [6.45, 7) is -0.495. The molecule has 0 bridgehead atoms. The summed E-state index contributed by atoms with van der Waals surface area (Å²) in [5.41, 5.74) is 6.36. The Balaban J connectivity index is 1.68. The highest BCUT2D eigenvalue weighted by molar-refractivity contribution is 7.88. The van der Waals surface area contributed by atoms with Crippen molar-refractivity contribution in [3.05, 3.63) is 28.2 Å². The number of nitrogens with one attached hydrogen (secondary N) is 3. The van der Waals surface area contributed by atoms with Crippen LogP contribution < -0.4 is 21.3 Å². The summed E-state index contributed by atoms with van der Waals surface area (Å²) in [5, 5.41) is 9.88. The lowest BCUT2D eigenvalue weighted by atomic mass is 10.1. The third kappa shape index (κ3) is 3.90. The molecule has 6 amide bonds. The van der Waals surface area contributed by atoms with Gasteiger partial charge < -0.3 is 15.8 Å². The number of likely N-dealkylation sites (tertiary alicyclic amines) is 1. The molecule has 15 nitrogen and oxygen atoms in total. The average Bonchev–Trinajstić information content (AvgIpc) is 2.68. The van der Waals surface area contributed by atoms with E-state index in [-0.39, 0.29) is 31.7 Å². The number of pyridine rings is 1. The Morgan fingerprint density at radius 2 is 1.93 bits per heavy atom. The molecule has 6 N–H and O–H groups in total. The summed E-state index contributed by atoms with van der Waals surface area (Å²) in [5.74, 6) is -2.32. The molecule has 0 aliphatic carbocycles. The Kier molecular flexibility index (Phi) is 5.36. The van der Waals surface area contributed by atoms with E-state index in [0.29, 0.717) is 14.2 Å². The third-order valence-electron chi connectivity index (χ3n) is 4.27. The molecule has 1 aromatic heterocycles. The minimum absolute atomic E-state index is 0.0493. The molecule has 162 valence electrons. The van der Waals surface area contributed by atoms with Crippen LogP contribution in [0.15, 0.2) is 17.1 Å². The summed E-state index contributed by atoms with van der Waals surface area (Å²) in [4.78, 5) is 62.4. The summed E-state index contributed by atoms with van der Waals surface area (Å²) >= 11 is 0. The number of hydrazine groups is 1. The van der Waals surface area contributed by atoms with Gasteiger partial charge in [-0.3, -0.25) is 24.7 Å². The van der Waals surface area contributed by atoms with Gasteiger partial charge in [-0.15, -0.1) is 0 Å². The van der Waals surface area contributed by atoms with Crippen molar-refractivity contribution in [2.24, 2.45) is 5.73 Å². The third-order valence-corrected chi connectivity index (χ3v) is 5.63. The number of H-pyrrole nitrogens is 1. The number of aromatic amines is 1. The Labute approximate surface area is 168 Å². The Morgan fingerprint density at radius 3 is 2.53 bits per heavy atom. The van der Waals surface area contributed by atoms with Crippen molar-refractivity contribution in [3.63, 3.8) is 0 Å². The molecule has 2 fully saturated rings. The van der Waals surface area contributed by atoms with Gasteiger partial charge in [0.2, 0.25) is 11.3 Å². The molecule has 1 aromatic rings. The normalized spacial score (nSPS) is 19.4. The zero-order chi connectivity index (χ0) is 22.2. The van der Waals surface area contributed by atoms with Crippen LogP contribution in [0.25, 0.3) is 0 Å². The molecule has 16 heteroatoms. The average molecular weight is 443 g/mol. The van der Waals surface area contributed by atoms with Gasteiger partial charge in [0.05, 0.1) is 6.54 Å². The molecular formula is C14H17N7O8S. The smallest absolute Gasteiger partial charge is 0.353 e. The number of β-lactam (4-membered cyclic amide) rings is 1. The van der Waals surface area contributed by atoms with Crippen molar-refractivity contribution in [2.45, 2.75) is 12.5 Å². The quantitative estimate of drug-likeness (QED) is 0.299. The monoisotopic (exact) mass is 443 g/mol. The number of urea groups is 2. The number of carbonyl (C=O) groups excluding carboxylic acids is 4. The molecule has 0 unspecified atom stereocenters. The van der Waals surface area contributed by atoms with Crippen LogP contribution in [0.3, 0.4) is 0 Å². The second kappa shape index (κ2) is 7.64. The molecule has 3 heterocycles. The van der Waals surface area contributed by atoms with Crippen LogP contribution in [0.4, 0.5) is 9.59 Å². The van der Waals surface area contributed by atoms with Gasteiger partial charge in [-0.2, -0.15) is 8.42 Å². The predicted octanol–water partition coefficient (Wildman–Crippen LogP) is -3.02. The van der Waals surface area contributed by atoms with E-state index in [4.69, 9.17) is 5.73 Å². The molecule has 2 aliphatic rings. The number of carbonyl (C=O) groups is 4. The topological polar surface area (TPSA) is 215 Å². The minimum atomic E-state index is -4.67. The first-order valence-corrected chi connectivity index (χ1v) is 9.91. The van der Waals surface area contributed by atoms with Crippen molar-refractivity contribution in [3.8, 4) is 5.75 Å². The number of amides is 6. The first-order chi connectivity index (χ1) is 14.0. The largest absolute Gasteiger partial charge is 0.503 e. The van der Waals surface area contributed by atoms with Crippen LogP contribution in [0.5, 0.6) is 5.75 Å². The standard InChI is InChI=1S/C14H17N7O8S/c15-7-6-19(12(7)25)13(26)18-30(28,29)21-3-1-2-20(14(21)27)17-11(24)8-4-9(22)10(23)5-16-8/h4-5,7,23H,1-3,6,15H2,(H,16,22)(H,17,24)(H,18,26)/t7-/m0/s1. The van der Waals surface area contributed by atoms with Gasteiger partial charge in [0.25, 0.3) is 5.91 Å². The van der Waals surface area contributed by atoms with Crippen molar-refractivity contribution < 1.29 is 32.7 Å². The minimum Gasteiger partial charge on any atom is -0.503 e. The van der Waals surface area contributed by atoms with E-state index in [1.165, 1.54) is 0 Å². The van der Waals surface area contributed by atoms with Crippen molar-refractivity contribution in [2.75, 3.05) is 19.6 Å². The fourth-order valence-corrected chi connectivity index (χ4v) is 3.77. The van der Waals surface area contributed by atoms with Crippen LogP contribution in [0.2, 0.25) is 0 Å². The van der Waals surface area contributed by atoms with E-state index in [1.807, 2.05) is 0 Å². The number of hydrogen-bond acceptors (Lipinski definition) is 9. The van der Waals surface area contributed by atoms with Crippen LogP contribution in [0, 0.1) is 0 Å². The maximum atomic E-state index is 12.5. The van der Waals surface area contributed by atoms with Gasteiger partial charge in [-0.25, -0.2) is 23.6 Å². The lowest BCUT2D eigenvalue weighted by molar-refractivity contribution is -0.137. The number of rotatable bonds is 4. The first-order valence-electron chi connectivity index (χ1n) is 8.47. The van der Waals surface area contributed by atoms with Crippen LogP contribution in [-0.4, -0.2) is 82.3 Å². The van der Waals surface area contributed by atoms with E-state index in [1.54, 1.807) is 4.72 Å². The number of imide groups is 1. The molecule has 2 aliphatic heterocycles. The molecular weight excluding hydrogens is 426 g/mol. The molecule has 0 spiro atoms. The van der Waals surface area contributed by atoms with Gasteiger partial charge in [-0.1, -0.05) is 0 Å². The first kappa shape index (κ1) is 21.1. The zero-order valence-corrected chi connectivity index (χ0v) is 16.0. The van der Waals surface area contributed by atoms with Gasteiger partial charge in [0, 0.05) is 25.4 Å². The molecule has 0 radical (unpaired) electrons. The van der Waals surface area contributed by atoms with Crippen molar-refractivity contribution in [1.29, 1.82) is 0 Å². The Hall–Kier alpha value is -3.66. The van der Waals surface area contributed by atoms with Crippen LogP contribution >= 0.6 is 0 Å². The van der Waals surface area contributed by atoms with Crippen molar-refractivity contribution >= 4 is 34.1 Å². The number of aromatic nitrogens is 1. The number of nitrogens with zero attached hydrogens (tertiary/aromatic N) is 3. The van der Waals surface area contributed by atoms with Crippen molar-refractivity contribution in [1.82, 2.24) is 29.3 Å². The van der Waals surface area contributed by atoms with Gasteiger partial charge in [-0.05, 0) is 6.42 Å². The highest BCUT2D eigenvalue weighted by atomic mass is 32.2. The summed E-state index contributed by atoms with van der Waals surface area (Å²) < 4.78 is 26.7. The molecule has 1 atom stereocenters. The summed E-state index contributed by atoms with van der Waals surface area (Å²) in [6.07, 6.45) is 0.991. The van der Waals surface area contributed by atoms with E-state index >= 15 is 0 Å². The Bertz CT molecular complexity index is 1080. The molecule has 2 saturated heterocycles. The fraction of sp³-hybridized carbons (Fsp3) is 0.357. The SMILES string of the molecule is N[C@H]1CN(C(=O)NS(=O)(=O)N2CCCN(NC(=O)c3cc(=O)c(O)c[nH]3)C2=O)C1=O. The Morgan fingerprint density at radius 1 is 1.23 bits per heavy atom. The molecule has 0 aromatic carbocycles. The lowest BCUT2D eigenvalue weighted by Gasteiger charge is -2.36. The maximum Gasteiger partial charge on any atom is 0.353 e. The van der Waals surface area contributed by atoms with Gasteiger partial charge in [0.1, 0.15) is 11.7 Å². The van der Waals surface area contributed by atoms with Crippen LogP contribution in [0.1, 0.15) is 16.9 Å². The highest BCUT2D eigenvalue weighted by Gasteiger charge is 2.42. The maximum absolute atomic E-state index is 12.5. The van der Waals surface area contributed by atoms with E-state index < -0.39 is 51.3 Å². The fourth-order valence-electron chi connectivity index (χ4n) is 2.66. The van der Waals surface area contributed by atoms with Gasteiger partial charge >= 0.3 is 22.3 Å². The summed E-state index contributed by atoms with van der Waals surface area (Å²) in [6, 6.07) is -2.52. The number of hydrogen-bond donors (Lipinski definition) is 5.